The van der Waals surface area contributed by atoms with Crippen LogP contribution in [0.15, 0.2) is 48.7 Å². The van der Waals surface area contributed by atoms with E-state index in [9.17, 15) is 9.59 Å². The molecule has 8 heteroatoms. The Bertz CT molecular complexity index is 1010. The summed E-state index contributed by atoms with van der Waals surface area (Å²) in [5, 5.41) is 10.3. The molecule has 3 rings (SSSR count). The molecule has 2 aromatic heterocycles. The predicted molar refractivity (Wildman–Crippen MR) is 109 cm³/mol. The van der Waals surface area contributed by atoms with Crippen molar-refractivity contribution >= 4 is 34.9 Å². The van der Waals surface area contributed by atoms with Gasteiger partial charge in [0.1, 0.15) is 11.5 Å². The lowest BCUT2D eigenvalue weighted by Crippen LogP contribution is -2.20. The van der Waals surface area contributed by atoms with E-state index in [1.54, 1.807) is 49.5 Å². The zero-order valence-corrected chi connectivity index (χ0v) is 16.5. The molecule has 0 unspecified atom stereocenters. The number of nitrogens with one attached hydrogen (secondary N) is 2. The summed E-state index contributed by atoms with van der Waals surface area (Å²) in [7, 11) is 1.71. The highest BCUT2D eigenvalue weighted by Gasteiger charge is 2.18. The van der Waals surface area contributed by atoms with Gasteiger partial charge in [-0.15, -0.1) is 0 Å². The molecule has 1 aromatic carbocycles. The fraction of sp³-hybridized carbons (Fsp3) is 0.200. The Labute approximate surface area is 167 Å². The first-order valence-electron chi connectivity index (χ1n) is 8.72. The predicted octanol–water partition coefficient (Wildman–Crippen LogP) is 4.10. The van der Waals surface area contributed by atoms with Gasteiger partial charge in [0.05, 0.1) is 22.0 Å². The first kappa shape index (κ1) is 19.6. The first-order valence-corrected chi connectivity index (χ1v) is 9.10. The number of aromatic nitrogens is 3. The Hall–Kier alpha value is -3.19. The molecule has 0 saturated carbocycles. The van der Waals surface area contributed by atoms with Crippen molar-refractivity contribution in [3.8, 4) is 0 Å². The molecule has 0 aliphatic heterocycles. The average molecular weight is 398 g/mol. The fourth-order valence-electron chi connectivity index (χ4n) is 2.59. The number of amides is 2. The van der Waals surface area contributed by atoms with Gasteiger partial charge in [0.15, 0.2) is 0 Å². The largest absolute Gasteiger partial charge is 0.320 e. The van der Waals surface area contributed by atoms with Gasteiger partial charge >= 0.3 is 0 Å². The third kappa shape index (κ3) is 4.37. The van der Waals surface area contributed by atoms with Crippen molar-refractivity contribution in [3.05, 3.63) is 70.6 Å². The maximum Gasteiger partial charge on any atom is 0.273 e. The van der Waals surface area contributed by atoms with Crippen LogP contribution in [0.25, 0.3) is 0 Å². The second-order valence-corrected chi connectivity index (χ2v) is 6.98. The van der Waals surface area contributed by atoms with Crippen molar-refractivity contribution in [2.45, 2.75) is 19.8 Å². The minimum atomic E-state index is -0.390. The topological polar surface area (TPSA) is 88.9 Å². The van der Waals surface area contributed by atoms with Gasteiger partial charge in [0, 0.05) is 13.2 Å². The minimum Gasteiger partial charge on any atom is -0.320 e. The molecule has 0 saturated heterocycles. The summed E-state index contributed by atoms with van der Waals surface area (Å²) >= 11 is 5.81. The maximum atomic E-state index is 12.7. The molecule has 2 heterocycles. The number of pyridine rings is 1. The number of benzene rings is 1. The third-order valence-electron chi connectivity index (χ3n) is 4.11. The summed E-state index contributed by atoms with van der Waals surface area (Å²) in [6, 6.07) is 11.7. The van der Waals surface area contributed by atoms with Crippen LogP contribution in [0, 0.1) is 0 Å². The van der Waals surface area contributed by atoms with E-state index >= 15 is 0 Å². The Balaban J connectivity index is 1.81. The molecule has 2 N–H and O–H groups in total. The van der Waals surface area contributed by atoms with Gasteiger partial charge < -0.3 is 10.6 Å². The van der Waals surface area contributed by atoms with Crippen molar-refractivity contribution in [2.24, 2.45) is 7.05 Å². The van der Waals surface area contributed by atoms with E-state index in [2.05, 4.69) is 20.7 Å². The van der Waals surface area contributed by atoms with Crippen LogP contribution in [0.4, 0.5) is 11.5 Å². The fourth-order valence-corrected chi connectivity index (χ4v) is 2.71. The van der Waals surface area contributed by atoms with Crippen molar-refractivity contribution in [3.63, 3.8) is 0 Å². The van der Waals surface area contributed by atoms with Crippen molar-refractivity contribution in [2.75, 3.05) is 10.6 Å². The van der Waals surface area contributed by atoms with Gasteiger partial charge in [-0.2, -0.15) is 5.10 Å². The van der Waals surface area contributed by atoms with Crippen LogP contribution >= 0.6 is 11.6 Å². The smallest absolute Gasteiger partial charge is 0.273 e. The van der Waals surface area contributed by atoms with Crippen LogP contribution in [0.3, 0.4) is 0 Å². The molecule has 0 aliphatic rings. The van der Waals surface area contributed by atoms with E-state index in [0.29, 0.717) is 27.8 Å². The Morgan fingerprint density at radius 1 is 1.07 bits per heavy atom. The molecule has 7 nitrogen and oxygen atoms in total. The number of hydrogen-bond donors (Lipinski definition) is 2. The van der Waals surface area contributed by atoms with Gasteiger partial charge in [0.25, 0.3) is 11.8 Å². The number of hydrogen-bond acceptors (Lipinski definition) is 4. The van der Waals surface area contributed by atoms with E-state index in [4.69, 9.17) is 11.6 Å². The van der Waals surface area contributed by atoms with Gasteiger partial charge in [-0.05, 0) is 36.2 Å². The quantitative estimate of drug-likeness (QED) is 0.678. The van der Waals surface area contributed by atoms with Gasteiger partial charge in [-0.3, -0.25) is 14.3 Å². The molecule has 3 aromatic rings. The van der Waals surface area contributed by atoms with Gasteiger partial charge in [-0.25, -0.2) is 4.98 Å². The lowest BCUT2D eigenvalue weighted by molar-refractivity contribution is 0.101. The molecular formula is C20H20ClN5O2. The Morgan fingerprint density at radius 3 is 2.46 bits per heavy atom. The lowest BCUT2D eigenvalue weighted by Gasteiger charge is -2.11. The van der Waals surface area contributed by atoms with E-state index in [0.717, 1.165) is 5.69 Å². The zero-order chi connectivity index (χ0) is 20.3. The van der Waals surface area contributed by atoms with Gasteiger partial charge in [0.2, 0.25) is 0 Å². The van der Waals surface area contributed by atoms with E-state index in [1.165, 1.54) is 10.9 Å². The normalized spacial score (nSPS) is 10.8. The highest BCUT2D eigenvalue weighted by molar-refractivity contribution is 6.30. The Kier molecular flexibility index (Phi) is 5.75. The molecule has 0 aliphatic carbocycles. The second kappa shape index (κ2) is 8.22. The average Bonchev–Trinajstić information content (AvgIpc) is 3.06. The standard InChI is InChI=1S/C20H20ClN5O2/c1-12(2)16-10-17(26(3)25-16)20(28)23-15-7-5-4-6-14(15)19(27)24-18-9-8-13(21)11-22-18/h4-12H,1-3H3,(H,23,28)(H,22,24,27). The summed E-state index contributed by atoms with van der Waals surface area (Å²) in [6.45, 7) is 4.02. The van der Waals surface area contributed by atoms with E-state index in [1.807, 2.05) is 13.8 Å². The number of aryl methyl sites for hydroxylation is 1. The monoisotopic (exact) mass is 397 g/mol. The van der Waals surface area contributed by atoms with Crippen molar-refractivity contribution in [1.29, 1.82) is 0 Å². The van der Waals surface area contributed by atoms with Crippen LogP contribution in [-0.4, -0.2) is 26.6 Å². The minimum absolute atomic E-state index is 0.206. The molecule has 144 valence electrons. The molecule has 0 spiro atoms. The summed E-state index contributed by atoms with van der Waals surface area (Å²) in [5.74, 6) is -0.160. The van der Waals surface area contributed by atoms with Crippen molar-refractivity contribution < 1.29 is 9.59 Å². The van der Waals surface area contributed by atoms with Crippen LogP contribution in [0.5, 0.6) is 0 Å². The molecule has 0 bridgehead atoms. The molecule has 2 amide bonds. The summed E-state index contributed by atoms with van der Waals surface area (Å²) in [4.78, 5) is 29.4. The molecule has 0 fully saturated rings. The number of rotatable bonds is 5. The number of carbonyl (C=O) groups is 2. The second-order valence-electron chi connectivity index (χ2n) is 6.55. The summed E-state index contributed by atoms with van der Waals surface area (Å²) in [5.41, 5.74) is 1.95. The van der Waals surface area contributed by atoms with Crippen LogP contribution in [-0.2, 0) is 7.05 Å². The highest BCUT2D eigenvalue weighted by Crippen LogP contribution is 2.20. The first-order chi connectivity index (χ1) is 13.3. The highest BCUT2D eigenvalue weighted by atomic mass is 35.5. The number of carbonyl (C=O) groups excluding carboxylic acids is 2. The lowest BCUT2D eigenvalue weighted by atomic mass is 10.1. The molecule has 0 radical (unpaired) electrons. The number of halogens is 1. The van der Waals surface area contributed by atoms with Crippen LogP contribution in [0.1, 0.15) is 46.3 Å². The van der Waals surface area contributed by atoms with Crippen molar-refractivity contribution in [1.82, 2.24) is 14.8 Å². The number of nitrogens with zero attached hydrogens (tertiary/aromatic N) is 3. The number of para-hydroxylation sites is 1. The maximum absolute atomic E-state index is 12.7. The number of anilines is 2. The van der Waals surface area contributed by atoms with Gasteiger partial charge in [-0.1, -0.05) is 37.6 Å². The zero-order valence-electron chi connectivity index (χ0n) is 15.7. The molecule has 0 atom stereocenters. The summed E-state index contributed by atoms with van der Waals surface area (Å²) < 4.78 is 1.53. The molecular weight excluding hydrogens is 378 g/mol. The SMILES string of the molecule is CC(C)c1cc(C(=O)Nc2ccccc2C(=O)Nc2ccc(Cl)cn2)n(C)n1. The third-order valence-corrected chi connectivity index (χ3v) is 4.34. The molecule has 28 heavy (non-hydrogen) atoms. The summed E-state index contributed by atoms with van der Waals surface area (Å²) in [6.07, 6.45) is 1.44. The van der Waals surface area contributed by atoms with Crippen LogP contribution < -0.4 is 10.6 Å². The van der Waals surface area contributed by atoms with E-state index in [-0.39, 0.29) is 11.8 Å². The van der Waals surface area contributed by atoms with E-state index < -0.39 is 5.91 Å². The Morgan fingerprint density at radius 2 is 1.82 bits per heavy atom. The van der Waals surface area contributed by atoms with Crippen LogP contribution in [0.2, 0.25) is 5.02 Å².